The molecule has 0 saturated heterocycles. The number of rotatable bonds is 7. The van der Waals surface area contributed by atoms with Crippen molar-refractivity contribution in [2.24, 2.45) is 25.6 Å². The van der Waals surface area contributed by atoms with E-state index in [4.69, 9.17) is 23.2 Å². The van der Waals surface area contributed by atoms with Gasteiger partial charge in [-0.3, -0.25) is 0 Å². The van der Waals surface area contributed by atoms with Crippen LogP contribution in [0, 0.1) is 6.92 Å². The van der Waals surface area contributed by atoms with E-state index < -0.39 is 12.3 Å². The molecule has 2 heterocycles. The first-order chi connectivity index (χ1) is 21.3. The van der Waals surface area contributed by atoms with E-state index in [0.29, 0.717) is 38.5 Å². The highest BCUT2D eigenvalue weighted by Gasteiger charge is 2.34. The molecule has 1 aromatic heterocycles. The number of hydrogen-bond donors (Lipinski definition) is 2. The number of aromatic nitrogens is 2. The fraction of sp³-hybridized carbons (Fsp3) is 0.125. The monoisotopic (exact) mass is 624 g/mol. The molecule has 0 radical (unpaired) electrons. The third-order valence-corrected chi connectivity index (χ3v) is 7.63. The van der Waals surface area contributed by atoms with E-state index in [9.17, 15) is 10.2 Å². The summed E-state index contributed by atoms with van der Waals surface area (Å²) < 4.78 is 1.41. The van der Waals surface area contributed by atoms with Crippen LogP contribution in [0.1, 0.15) is 12.6 Å². The average Bonchev–Trinajstić information content (AvgIpc) is 3.49. The third-order valence-electron chi connectivity index (χ3n) is 7.03. The van der Waals surface area contributed by atoms with Crippen molar-refractivity contribution >= 4 is 51.7 Å². The molecule has 2 N–H and O–H groups in total. The van der Waals surface area contributed by atoms with Crippen LogP contribution in [-0.2, 0) is 0 Å². The van der Waals surface area contributed by atoms with E-state index in [1.807, 2.05) is 72.8 Å². The van der Waals surface area contributed by atoms with E-state index in [1.54, 1.807) is 38.1 Å². The molecule has 0 bridgehead atoms. The zero-order valence-electron chi connectivity index (χ0n) is 23.6. The number of anilines is 1. The van der Waals surface area contributed by atoms with Gasteiger partial charge in [0.15, 0.2) is 18.0 Å². The normalized spacial score (nSPS) is 16.8. The summed E-state index contributed by atoms with van der Waals surface area (Å²) in [6, 6.07) is 28.7. The van der Waals surface area contributed by atoms with Gasteiger partial charge >= 0.3 is 0 Å². The Bertz CT molecular complexity index is 1910. The second kappa shape index (κ2) is 12.4. The molecule has 0 amide bonds. The number of hydrogen-bond acceptors (Lipinski definition) is 9. The van der Waals surface area contributed by atoms with Crippen molar-refractivity contribution in [3.05, 3.63) is 113 Å². The quantitative estimate of drug-likeness (QED) is 0.175. The molecule has 0 spiro atoms. The van der Waals surface area contributed by atoms with Crippen molar-refractivity contribution in [3.8, 4) is 22.7 Å². The van der Waals surface area contributed by atoms with Crippen LogP contribution >= 0.6 is 23.2 Å². The highest BCUT2D eigenvalue weighted by atomic mass is 35.5. The highest BCUT2D eigenvalue weighted by molar-refractivity contribution is 6.34. The number of aryl methyl sites for hydroxylation is 1. The minimum atomic E-state index is -0.982. The molecule has 2 unspecified atom stereocenters. The van der Waals surface area contributed by atoms with Gasteiger partial charge in [-0.05, 0) is 73.5 Å². The summed E-state index contributed by atoms with van der Waals surface area (Å²) in [6.07, 6.45) is -0.982. The molecule has 5 aromatic rings. The first-order valence-corrected chi connectivity index (χ1v) is 14.4. The first kappa shape index (κ1) is 29.2. The Morgan fingerprint density at radius 1 is 0.727 bits per heavy atom. The van der Waals surface area contributed by atoms with Gasteiger partial charge in [0.1, 0.15) is 11.4 Å². The summed E-state index contributed by atoms with van der Waals surface area (Å²) in [5.74, 6) is -0.115. The van der Waals surface area contributed by atoms with Gasteiger partial charge in [0, 0.05) is 0 Å². The van der Waals surface area contributed by atoms with E-state index >= 15 is 0 Å². The fourth-order valence-corrected chi connectivity index (χ4v) is 5.15. The molecule has 44 heavy (non-hydrogen) atoms. The molecule has 0 fully saturated rings. The molecule has 6 rings (SSSR count). The average molecular weight is 626 g/mol. The number of azo groups is 2. The maximum atomic E-state index is 10.8. The van der Waals surface area contributed by atoms with Crippen molar-refractivity contribution in [3.63, 3.8) is 0 Å². The van der Waals surface area contributed by atoms with Crippen LogP contribution < -0.4 is 5.01 Å². The van der Waals surface area contributed by atoms with Crippen LogP contribution in [0.25, 0.3) is 16.8 Å². The summed E-state index contributed by atoms with van der Waals surface area (Å²) in [4.78, 5) is 0. The van der Waals surface area contributed by atoms with Gasteiger partial charge in [0.25, 0.3) is 0 Å². The van der Waals surface area contributed by atoms with E-state index in [-0.39, 0.29) is 11.6 Å². The van der Waals surface area contributed by atoms with Crippen LogP contribution in [-0.4, -0.2) is 38.0 Å². The summed E-state index contributed by atoms with van der Waals surface area (Å²) >= 11 is 13.1. The number of benzene rings is 4. The Morgan fingerprint density at radius 3 is 1.89 bits per heavy atom. The zero-order valence-corrected chi connectivity index (χ0v) is 25.1. The molecule has 1 aliphatic heterocycles. The van der Waals surface area contributed by atoms with Gasteiger partial charge in [-0.2, -0.15) is 25.1 Å². The second-order valence-corrected chi connectivity index (χ2v) is 10.8. The SMILES string of the molecule is CC1=NN(c2ccccc2)C(O)C1/N=N/c1ccc(-c2ccc(/N=N/c3c(C)nn(-c4ccccc4)c3O)c(Cl)c2)cc1Cl. The van der Waals surface area contributed by atoms with Gasteiger partial charge in [-0.1, -0.05) is 71.7 Å². The molecular weight excluding hydrogens is 599 g/mol. The minimum absolute atomic E-state index is 0.115. The summed E-state index contributed by atoms with van der Waals surface area (Å²) in [5, 5.41) is 49.8. The van der Waals surface area contributed by atoms with Gasteiger partial charge in [-0.15, -0.1) is 10.2 Å². The van der Waals surface area contributed by atoms with Crippen molar-refractivity contribution in [2.45, 2.75) is 26.1 Å². The number of halogens is 2. The Kier molecular flexibility index (Phi) is 8.21. The summed E-state index contributed by atoms with van der Waals surface area (Å²) in [6.45, 7) is 3.55. The maximum absolute atomic E-state index is 10.8. The predicted molar refractivity (Wildman–Crippen MR) is 172 cm³/mol. The Labute approximate surface area is 263 Å². The number of aliphatic hydroxyl groups is 1. The lowest BCUT2D eigenvalue weighted by molar-refractivity contribution is 0.170. The van der Waals surface area contributed by atoms with Crippen LogP contribution in [0.4, 0.5) is 22.7 Å². The number of aromatic hydroxyl groups is 1. The Morgan fingerprint density at radius 2 is 1.30 bits per heavy atom. The number of hydrazone groups is 1. The lowest BCUT2D eigenvalue weighted by Gasteiger charge is -2.20. The standard InChI is InChI=1S/C32H26Cl2N8O2/c1-19-29(31(43)41(39-19)23-9-5-3-6-10-23)37-35-27-15-13-21(17-25(27)33)22-14-16-28(26(34)18-22)36-38-30-20(2)40-42(32(30)44)24-11-7-4-8-12-24/h3-18,29,31,43-44H,1-2H3/b37-35+,38-36+. The molecule has 4 aromatic carbocycles. The van der Waals surface area contributed by atoms with Crippen molar-refractivity contribution < 1.29 is 10.2 Å². The Balaban J connectivity index is 1.17. The maximum Gasteiger partial charge on any atom is 0.243 e. The van der Waals surface area contributed by atoms with Gasteiger partial charge in [-0.25, -0.2) is 5.01 Å². The van der Waals surface area contributed by atoms with Crippen LogP contribution in [0.3, 0.4) is 0 Å². The molecule has 1 aliphatic rings. The molecule has 0 saturated carbocycles. The number of para-hydroxylation sites is 2. The van der Waals surface area contributed by atoms with Crippen molar-refractivity contribution in [1.82, 2.24) is 9.78 Å². The third kappa shape index (κ3) is 5.83. The van der Waals surface area contributed by atoms with E-state index in [1.165, 1.54) is 9.69 Å². The smallest absolute Gasteiger partial charge is 0.243 e. The van der Waals surface area contributed by atoms with E-state index in [2.05, 4.69) is 30.7 Å². The minimum Gasteiger partial charge on any atom is -0.492 e. The van der Waals surface area contributed by atoms with Gasteiger partial charge < -0.3 is 10.2 Å². The first-order valence-electron chi connectivity index (χ1n) is 13.6. The predicted octanol–water partition coefficient (Wildman–Crippen LogP) is 8.94. The fourth-order valence-electron chi connectivity index (χ4n) is 4.71. The summed E-state index contributed by atoms with van der Waals surface area (Å²) in [7, 11) is 0. The van der Waals surface area contributed by atoms with Crippen molar-refractivity contribution in [1.29, 1.82) is 0 Å². The Hall–Kier alpha value is -4.90. The van der Waals surface area contributed by atoms with E-state index in [0.717, 1.165) is 16.8 Å². The number of aliphatic hydroxyl groups excluding tert-OH is 1. The lowest BCUT2D eigenvalue weighted by atomic mass is 10.1. The molecule has 0 aliphatic carbocycles. The highest BCUT2D eigenvalue weighted by Crippen LogP contribution is 2.38. The lowest BCUT2D eigenvalue weighted by Crippen LogP contribution is -2.35. The van der Waals surface area contributed by atoms with Crippen LogP contribution in [0.5, 0.6) is 5.88 Å². The zero-order chi connectivity index (χ0) is 30.8. The molecular formula is C32H26Cl2N8O2. The van der Waals surface area contributed by atoms with Gasteiger partial charge in [0.05, 0.1) is 32.8 Å². The van der Waals surface area contributed by atoms with Gasteiger partial charge in [0.2, 0.25) is 5.88 Å². The second-order valence-electron chi connectivity index (χ2n) is 10.0. The largest absolute Gasteiger partial charge is 0.492 e. The molecule has 2 atom stereocenters. The van der Waals surface area contributed by atoms with Crippen molar-refractivity contribution in [2.75, 3.05) is 5.01 Å². The molecule has 10 nitrogen and oxygen atoms in total. The summed E-state index contributed by atoms with van der Waals surface area (Å²) in [5.41, 5.74) is 5.38. The van der Waals surface area contributed by atoms with Crippen LogP contribution in [0.15, 0.2) is 123 Å². The molecule has 220 valence electrons. The van der Waals surface area contributed by atoms with Crippen LogP contribution in [0.2, 0.25) is 10.0 Å². The number of nitrogens with zero attached hydrogens (tertiary/aromatic N) is 8. The molecule has 12 heteroatoms. The topological polar surface area (TPSA) is 123 Å².